The first-order valence-corrected chi connectivity index (χ1v) is 10.2. The standard InChI is InChI=1S/C21H22ClFN4O3/c22-18-15(23)6-2-7-16(18)24-21(30)25-17-8-1-5-14(19(17)28)20(29)27-11-10-26-9-3-4-13(26)12-27/h1-2,5-8,13,28H,3-4,9-12H2,(H2,24,25,30). The van der Waals surface area contributed by atoms with Gasteiger partial charge in [-0.1, -0.05) is 23.7 Å². The number of para-hydroxylation sites is 1. The molecule has 9 heteroatoms. The lowest BCUT2D eigenvalue weighted by molar-refractivity contribution is 0.0568. The Morgan fingerprint density at radius 2 is 1.80 bits per heavy atom. The van der Waals surface area contributed by atoms with Crippen molar-refractivity contribution in [1.29, 1.82) is 0 Å². The van der Waals surface area contributed by atoms with Crippen LogP contribution in [0.4, 0.5) is 20.6 Å². The number of carbonyl (C=O) groups is 2. The van der Waals surface area contributed by atoms with Crippen molar-refractivity contribution in [3.05, 3.63) is 52.8 Å². The topological polar surface area (TPSA) is 84.9 Å². The second-order valence-electron chi connectivity index (χ2n) is 7.47. The SMILES string of the molecule is O=C(Nc1cccc(C(=O)N2CCN3CCCC3C2)c1O)Nc1cccc(F)c1Cl. The number of hydrogen-bond donors (Lipinski definition) is 3. The summed E-state index contributed by atoms with van der Waals surface area (Å²) in [6, 6.07) is 8.29. The predicted molar refractivity (Wildman–Crippen MR) is 113 cm³/mol. The molecule has 2 fully saturated rings. The third kappa shape index (κ3) is 4.06. The first-order chi connectivity index (χ1) is 14.4. The Morgan fingerprint density at radius 3 is 2.63 bits per heavy atom. The summed E-state index contributed by atoms with van der Waals surface area (Å²) in [4.78, 5) is 29.4. The molecule has 3 amide bonds. The number of anilines is 2. The van der Waals surface area contributed by atoms with E-state index >= 15 is 0 Å². The molecule has 2 aliphatic rings. The van der Waals surface area contributed by atoms with Crippen LogP contribution in [0.15, 0.2) is 36.4 Å². The number of piperazine rings is 1. The molecule has 0 saturated carbocycles. The molecule has 0 spiro atoms. The summed E-state index contributed by atoms with van der Waals surface area (Å²) >= 11 is 5.84. The number of nitrogens with one attached hydrogen (secondary N) is 2. The first kappa shape index (κ1) is 20.4. The second kappa shape index (κ2) is 8.49. The van der Waals surface area contributed by atoms with Crippen LogP contribution in [0.1, 0.15) is 23.2 Å². The van der Waals surface area contributed by atoms with Crippen molar-refractivity contribution in [2.75, 3.05) is 36.8 Å². The number of hydrogen-bond acceptors (Lipinski definition) is 4. The summed E-state index contributed by atoms with van der Waals surface area (Å²) < 4.78 is 13.5. The van der Waals surface area contributed by atoms with Gasteiger partial charge in [-0.05, 0) is 43.7 Å². The quantitative estimate of drug-likeness (QED) is 0.645. The molecule has 0 aliphatic carbocycles. The number of aromatic hydroxyl groups is 1. The van der Waals surface area contributed by atoms with Crippen LogP contribution in [0, 0.1) is 5.82 Å². The molecule has 3 N–H and O–H groups in total. The highest BCUT2D eigenvalue weighted by atomic mass is 35.5. The minimum Gasteiger partial charge on any atom is -0.505 e. The Hall–Kier alpha value is -2.84. The number of urea groups is 1. The molecule has 0 radical (unpaired) electrons. The summed E-state index contributed by atoms with van der Waals surface area (Å²) in [7, 11) is 0. The van der Waals surface area contributed by atoms with Crippen molar-refractivity contribution < 1.29 is 19.1 Å². The minimum absolute atomic E-state index is 0.0744. The van der Waals surface area contributed by atoms with E-state index in [1.165, 1.54) is 30.3 Å². The van der Waals surface area contributed by atoms with Crippen LogP contribution in [0.5, 0.6) is 5.75 Å². The van der Waals surface area contributed by atoms with Gasteiger partial charge >= 0.3 is 6.03 Å². The third-order valence-corrected chi connectivity index (χ3v) is 5.97. The zero-order chi connectivity index (χ0) is 21.3. The van der Waals surface area contributed by atoms with Gasteiger partial charge in [0.15, 0.2) is 5.75 Å². The zero-order valence-corrected chi connectivity index (χ0v) is 17.0. The predicted octanol–water partition coefficient (Wildman–Crippen LogP) is 3.75. The molecule has 2 heterocycles. The summed E-state index contributed by atoms with van der Waals surface area (Å²) in [5.74, 6) is -1.24. The van der Waals surface area contributed by atoms with E-state index in [2.05, 4.69) is 15.5 Å². The van der Waals surface area contributed by atoms with E-state index in [4.69, 9.17) is 11.6 Å². The van der Waals surface area contributed by atoms with Gasteiger partial charge in [-0.15, -0.1) is 0 Å². The van der Waals surface area contributed by atoms with Gasteiger partial charge in [0.2, 0.25) is 0 Å². The maximum Gasteiger partial charge on any atom is 0.323 e. The van der Waals surface area contributed by atoms with Crippen LogP contribution >= 0.6 is 11.6 Å². The number of fused-ring (bicyclic) bond motifs is 1. The van der Waals surface area contributed by atoms with E-state index in [9.17, 15) is 19.1 Å². The molecule has 158 valence electrons. The zero-order valence-electron chi connectivity index (χ0n) is 16.2. The Bertz CT molecular complexity index is 987. The molecule has 0 bridgehead atoms. The van der Waals surface area contributed by atoms with Crippen LogP contribution in [-0.2, 0) is 0 Å². The lowest BCUT2D eigenvalue weighted by atomic mass is 10.1. The second-order valence-corrected chi connectivity index (χ2v) is 7.84. The Morgan fingerprint density at radius 1 is 1.07 bits per heavy atom. The fraction of sp³-hybridized carbons (Fsp3) is 0.333. The Kier molecular flexibility index (Phi) is 5.78. The van der Waals surface area contributed by atoms with E-state index < -0.39 is 11.8 Å². The number of amides is 3. The minimum atomic E-state index is -0.720. The lowest BCUT2D eigenvalue weighted by Gasteiger charge is -2.37. The average molecular weight is 433 g/mol. The molecule has 7 nitrogen and oxygen atoms in total. The summed E-state index contributed by atoms with van der Waals surface area (Å²) in [5.41, 5.74) is 0.295. The van der Waals surface area contributed by atoms with Crippen molar-refractivity contribution in [1.82, 2.24) is 9.80 Å². The number of nitrogens with zero attached hydrogens (tertiary/aromatic N) is 2. The van der Waals surface area contributed by atoms with Crippen LogP contribution in [0.3, 0.4) is 0 Å². The Labute approximate surface area is 178 Å². The van der Waals surface area contributed by atoms with Gasteiger partial charge in [0, 0.05) is 25.7 Å². The van der Waals surface area contributed by atoms with Gasteiger partial charge in [-0.3, -0.25) is 9.69 Å². The molecule has 4 rings (SSSR count). The van der Waals surface area contributed by atoms with Crippen molar-refractivity contribution in [3.8, 4) is 5.75 Å². The molecule has 30 heavy (non-hydrogen) atoms. The number of rotatable bonds is 3. The molecule has 1 atom stereocenters. The van der Waals surface area contributed by atoms with Gasteiger partial charge in [-0.25, -0.2) is 9.18 Å². The third-order valence-electron chi connectivity index (χ3n) is 5.59. The highest BCUT2D eigenvalue weighted by Crippen LogP contribution is 2.31. The van der Waals surface area contributed by atoms with Crippen molar-refractivity contribution in [3.63, 3.8) is 0 Å². The van der Waals surface area contributed by atoms with Crippen LogP contribution in [-0.4, -0.2) is 59.1 Å². The summed E-state index contributed by atoms with van der Waals surface area (Å²) in [6.45, 7) is 3.13. The van der Waals surface area contributed by atoms with Crippen molar-refractivity contribution in [2.24, 2.45) is 0 Å². The number of phenols is 1. The van der Waals surface area contributed by atoms with E-state index in [0.29, 0.717) is 19.1 Å². The Balaban J connectivity index is 1.46. The van der Waals surface area contributed by atoms with Gasteiger partial charge in [0.25, 0.3) is 5.91 Å². The highest BCUT2D eigenvalue weighted by Gasteiger charge is 2.33. The van der Waals surface area contributed by atoms with Crippen molar-refractivity contribution >= 4 is 34.9 Å². The average Bonchev–Trinajstić information content (AvgIpc) is 3.20. The summed E-state index contributed by atoms with van der Waals surface area (Å²) in [5, 5.41) is 15.3. The maximum absolute atomic E-state index is 13.5. The summed E-state index contributed by atoms with van der Waals surface area (Å²) in [6.07, 6.45) is 2.21. The van der Waals surface area contributed by atoms with Crippen LogP contribution in [0.2, 0.25) is 5.02 Å². The number of halogens is 2. The molecule has 0 aromatic heterocycles. The molecule has 2 aromatic rings. The molecule has 1 unspecified atom stereocenters. The molecule has 2 aromatic carbocycles. The van der Waals surface area contributed by atoms with Gasteiger partial charge < -0.3 is 20.6 Å². The fourth-order valence-corrected chi connectivity index (χ4v) is 4.21. The highest BCUT2D eigenvalue weighted by molar-refractivity contribution is 6.34. The lowest BCUT2D eigenvalue weighted by Crippen LogP contribution is -2.52. The first-order valence-electron chi connectivity index (χ1n) is 9.81. The van der Waals surface area contributed by atoms with E-state index in [1.807, 2.05) is 0 Å². The number of phenolic OH excluding ortho intramolecular Hbond substituents is 1. The van der Waals surface area contributed by atoms with E-state index in [0.717, 1.165) is 25.9 Å². The van der Waals surface area contributed by atoms with Gasteiger partial charge in [0.05, 0.1) is 22.0 Å². The smallest absolute Gasteiger partial charge is 0.323 e. The fourth-order valence-electron chi connectivity index (χ4n) is 4.04. The van der Waals surface area contributed by atoms with Crippen molar-refractivity contribution in [2.45, 2.75) is 18.9 Å². The molecule has 2 saturated heterocycles. The maximum atomic E-state index is 13.5. The largest absolute Gasteiger partial charge is 0.505 e. The van der Waals surface area contributed by atoms with Gasteiger partial charge in [0.1, 0.15) is 5.82 Å². The molecular weight excluding hydrogens is 411 g/mol. The van der Waals surface area contributed by atoms with Crippen LogP contribution < -0.4 is 10.6 Å². The van der Waals surface area contributed by atoms with E-state index in [-0.39, 0.29) is 33.6 Å². The normalized spacial score (nSPS) is 18.7. The van der Waals surface area contributed by atoms with Crippen LogP contribution in [0.25, 0.3) is 0 Å². The van der Waals surface area contributed by atoms with Gasteiger partial charge in [-0.2, -0.15) is 0 Å². The van der Waals surface area contributed by atoms with E-state index in [1.54, 1.807) is 11.0 Å². The molecular formula is C21H22ClFN4O3. The number of carbonyl (C=O) groups excluding carboxylic acids is 2. The monoisotopic (exact) mass is 432 g/mol. The number of benzene rings is 2. The molecule has 2 aliphatic heterocycles.